The molecule has 2 aromatic rings. The fourth-order valence-electron chi connectivity index (χ4n) is 4.31. The first-order valence-electron chi connectivity index (χ1n) is 11.0. The lowest BCUT2D eigenvalue weighted by Gasteiger charge is -2.37. The molecular weight excluding hydrogens is 388 g/mol. The lowest BCUT2D eigenvalue weighted by atomic mass is 9.69. The number of hydrogen-bond donors (Lipinski definition) is 2. The smallest absolute Gasteiger partial charge is 0.252 e. The molecule has 0 radical (unpaired) electrons. The Hall–Kier alpha value is -3.02. The molecule has 6 heteroatoms. The van der Waals surface area contributed by atoms with Crippen LogP contribution in [0.4, 0.5) is 0 Å². The molecule has 0 saturated carbocycles. The highest BCUT2D eigenvalue weighted by Gasteiger charge is 2.32. The monoisotopic (exact) mass is 420 g/mol. The summed E-state index contributed by atoms with van der Waals surface area (Å²) in [6.45, 7) is 7.57. The van der Waals surface area contributed by atoms with Crippen LogP contribution in [0.2, 0.25) is 0 Å². The number of allylic oxidation sites excluding steroid dienone is 1. The van der Waals surface area contributed by atoms with Crippen molar-refractivity contribution in [3.05, 3.63) is 71.8 Å². The lowest BCUT2D eigenvalue weighted by Crippen LogP contribution is -2.37. The van der Waals surface area contributed by atoms with E-state index in [0.29, 0.717) is 36.9 Å². The van der Waals surface area contributed by atoms with Crippen LogP contribution in [0, 0.1) is 23.7 Å². The van der Waals surface area contributed by atoms with Crippen molar-refractivity contribution in [2.75, 3.05) is 6.54 Å². The highest BCUT2D eigenvalue weighted by molar-refractivity contribution is 5.93. The number of carbonyl (C=O) groups excluding carboxylic acids is 2. The molecule has 3 rings (SSSR count). The van der Waals surface area contributed by atoms with E-state index in [1.54, 1.807) is 30.7 Å². The normalized spacial score (nSPS) is 20.8. The molecule has 1 aliphatic carbocycles. The third-order valence-corrected chi connectivity index (χ3v) is 6.13. The van der Waals surface area contributed by atoms with Gasteiger partial charge in [0.1, 0.15) is 0 Å². The summed E-state index contributed by atoms with van der Waals surface area (Å²) in [7, 11) is 0. The zero-order valence-corrected chi connectivity index (χ0v) is 18.5. The number of aromatic nitrogens is 2. The Morgan fingerprint density at radius 3 is 2.65 bits per heavy atom. The van der Waals surface area contributed by atoms with Crippen LogP contribution in [0.25, 0.3) is 0 Å². The van der Waals surface area contributed by atoms with Crippen LogP contribution < -0.4 is 10.6 Å². The van der Waals surface area contributed by atoms with E-state index in [2.05, 4.69) is 47.4 Å². The maximum atomic E-state index is 12.5. The number of rotatable bonds is 8. The topological polar surface area (TPSA) is 84.0 Å². The fraction of sp³-hybridized carbons (Fsp3) is 0.440. The van der Waals surface area contributed by atoms with E-state index in [1.165, 1.54) is 5.57 Å². The molecule has 2 aromatic heterocycles. The summed E-state index contributed by atoms with van der Waals surface area (Å²) < 4.78 is 0. The van der Waals surface area contributed by atoms with Crippen molar-refractivity contribution in [3.8, 4) is 0 Å². The van der Waals surface area contributed by atoms with Gasteiger partial charge < -0.3 is 10.6 Å². The predicted molar refractivity (Wildman–Crippen MR) is 121 cm³/mol. The van der Waals surface area contributed by atoms with E-state index in [0.717, 1.165) is 12.1 Å². The summed E-state index contributed by atoms with van der Waals surface area (Å²) >= 11 is 0. The predicted octanol–water partition coefficient (Wildman–Crippen LogP) is 3.77. The highest BCUT2D eigenvalue weighted by atomic mass is 16.2. The van der Waals surface area contributed by atoms with Crippen molar-refractivity contribution >= 4 is 11.8 Å². The molecule has 0 bridgehead atoms. The molecule has 2 N–H and O–H groups in total. The molecule has 3 unspecified atom stereocenters. The molecule has 0 fully saturated rings. The third kappa shape index (κ3) is 6.48. The molecule has 0 saturated heterocycles. The maximum absolute atomic E-state index is 12.5. The number of carbonyl (C=O) groups is 2. The van der Waals surface area contributed by atoms with E-state index < -0.39 is 0 Å². The van der Waals surface area contributed by atoms with Gasteiger partial charge in [0.25, 0.3) is 5.91 Å². The second-order valence-corrected chi connectivity index (χ2v) is 8.67. The molecule has 0 aliphatic heterocycles. The first-order valence-corrected chi connectivity index (χ1v) is 11.0. The van der Waals surface area contributed by atoms with Crippen molar-refractivity contribution in [2.24, 2.45) is 23.7 Å². The summed E-state index contributed by atoms with van der Waals surface area (Å²) in [6.07, 6.45) is 8.66. The van der Waals surface area contributed by atoms with Gasteiger partial charge in [0.05, 0.1) is 17.8 Å². The Morgan fingerprint density at radius 2 is 1.97 bits per heavy atom. The van der Waals surface area contributed by atoms with Crippen LogP contribution in [-0.2, 0) is 11.3 Å². The minimum absolute atomic E-state index is 0.0502. The van der Waals surface area contributed by atoms with Gasteiger partial charge in [0, 0.05) is 31.6 Å². The van der Waals surface area contributed by atoms with Gasteiger partial charge in [-0.15, -0.1) is 0 Å². The van der Waals surface area contributed by atoms with E-state index >= 15 is 0 Å². The average molecular weight is 421 g/mol. The van der Waals surface area contributed by atoms with Gasteiger partial charge in [-0.05, 0) is 61.3 Å². The maximum Gasteiger partial charge on any atom is 0.252 e. The summed E-state index contributed by atoms with van der Waals surface area (Å²) in [4.78, 5) is 33.2. The average Bonchev–Trinajstić information content (AvgIpc) is 2.78. The Kier molecular flexibility index (Phi) is 7.93. The number of nitrogens with zero attached hydrogens (tertiary/aromatic N) is 2. The van der Waals surface area contributed by atoms with Crippen molar-refractivity contribution in [1.29, 1.82) is 0 Å². The molecule has 2 amide bonds. The number of amides is 2. The zero-order chi connectivity index (χ0) is 22.2. The van der Waals surface area contributed by atoms with E-state index in [4.69, 9.17) is 0 Å². The first kappa shape index (κ1) is 22.7. The molecule has 164 valence electrons. The Bertz CT molecular complexity index is 896. The third-order valence-electron chi connectivity index (χ3n) is 6.13. The van der Waals surface area contributed by atoms with Crippen LogP contribution in [-0.4, -0.2) is 28.3 Å². The van der Waals surface area contributed by atoms with Gasteiger partial charge in [0.2, 0.25) is 5.91 Å². The summed E-state index contributed by atoms with van der Waals surface area (Å²) in [5.41, 5.74) is 2.66. The second kappa shape index (κ2) is 10.8. The molecule has 0 spiro atoms. The summed E-state index contributed by atoms with van der Waals surface area (Å²) in [5, 5.41) is 6.05. The van der Waals surface area contributed by atoms with E-state index in [-0.39, 0.29) is 23.7 Å². The highest BCUT2D eigenvalue weighted by Crippen LogP contribution is 2.38. The molecule has 2 heterocycles. The molecule has 0 aromatic carbocycles. The van der Waals surface area contributed by atoms with Crippen LogP contribution in [0.1, 0.15) is 49.7 Å². The number of nitrogens with one attached hydrogen (secondary N) is 2. The van der Waals surface area contributed by atoms with Gasteiger partial charge in [0.15, 0.2) is 0 Å². The molecule has 3 atom stereocenters. The lowest BCUT2D eigenvalue weighted by molar-refractivity contribution is -0.122. The van der Waals surface area contributed by atoms with E-state index in [9.17, 15) is 9.59 Å². The SMILES string of the molecule is CC1=CC(CNC(=O)c2cccnc2)C(C(C)C)CC1CC(=O)NCc1ccccn1. The minimum atomic E-state index is -0.0994. The van der Waals surface area contributed by atoms with Gasteiger partial charge in [-0.2, -0.15) is 0 Å². The van der Waals surface area contributed by atoms with Gasteiger partial charge >= 0.3 is 0 Å². The van der Waals surface area contributed by atoms with Crippen LogP contribution in [0.5, 0.6) is 0 Å². The van der Waals surface area contributed by atoms with Crippen molar-refractivity contribution in [1.82, 2.24) is 20.6 Å². The van der Waals surface area contributed by atoms with Crippen LogP contribution in [0.15, 0.2) is 60.6 Å². The van der Waals surface area contributed by atoms with Crippen molar-refractivity contribution < 1.29 is 9.59 Å². The van der Waals surface area contributed by atoms with Gasteiger partial charge in [-0.25, -0.2) is 0 Å². The minimum Gasteiger partial charge on any atom is -0.351 e. The Morgan fingerprint density at radius 1 is 1.13 bits per heavy atom. The standard InChI is InChI=1S/C25H32N4O2/c1-17(2)23-12-20(13-24(30)28-16-22-8-4-5-10-27-22)18(3)11-21(23)15-29-25(31)19-7-6-9-26-14-19/h4-11,14,17,20-21,23H,12-13,15-16H2,1-3H3,(H,28,30)(H,29,31). The quantitative estimate of drug-likeness (QED) is 0.637. The second-order valence-electron chi connectivity index (χ2n) is 8.67. The summed E-state index contributed by atoms with van der Waals surface area (Å²) in [6, 6.07) is 9.22. The first-order chi connectivity index (χ1) is 14.9. The largest absolute Gasteiger partial charge is 0.351 e. The van der Waals surface area contributed by atoms with Gasteiger partial charge in [-0.1, -0.05) is 31.6 Å². The van der Waals surface area contributed by atoms with Gasteiger partial charge in [-0.3, -0.25) is 19.6 Å². The van der Waals surface area contributed by atoms with Crippen molar-refractivity contribution in [3.63, 3.8) is 0 Å². The molecule has 6 nitrogen and oxygen atoms in total. The van der Waals surface area contributed by atoms with E-state index in [1.807, 2.05) is 18.2 Å². The van der Waals surface area contributed by atoms with Crippen molar-refractivity contribution in [2.45, 2.75) is 40.2 Å². The fourth-order valence-corrected chi connectivity index (χ4v) is 4.31. The number of hydrogen-bond acceptors (Lipinski definition) is 4. The Labute approximate surface area is 184 Å². The Balaban J connectivity index is 1.58. The van der Waals surface area contributed by atoms with Crippen LogP contribution in [0.3, 0.4) is 0 Å². The summed E-state index contributed by atoms with van der Waals surface area (Å²) in [5.74, 6) is 1.30. The van der Waals surface area contributed by atoms with Crippen LogP contribution >= 0.6 is 0 Å². The zero-order valence-electron chi connectivity index (χ0n) is 18.5. The molecule has 31 heavy (non-hydrogen) atoms. The number of pyridine rings is 2. The molecule has 1 aliphatic rings. The molecular formula is C25H32N4O2.